The molecule has 0 saturated carbocycles. The summed E-state index contributed by atoms with van der Waals surface area (Å²) in [7, 11) is 8.70. The highest BCUT2D eigenvalue weighted by Gasteiger charge is 2.48. The summed E-state index contributed by atoms with van der Waals surface area (Å²) in [5.74, 6) is 3.35. The van der Waals surface area contributed by atoms with Gasteiger partial charge in [0, 0.05) is 6.42 Å². The maximum absolute atomic E-state index is 11.4. The SMILES string of the molecule is COc1cccc([C@@]2(O)CC[S+](C)C[C@H]2C[N+](C)(C)C)c1. The molecule has 2 rings (SSSR count). The molecule has 3 atom stereocenters. The van der Waals surface area contributed by atoms with Crippen molar-refractivity contribution in [1.29, 1.82) is 0 Å². The third kappa shape index (κ3) is 3.93. The van der Waals surface area contributed by atoms with Gasteiger partial charge in [-0.2, -0.15) is 0 Å². The minimum Gasteiger partial charge on any atom is -0.497 e. The molecule has 1 aliphatic rings. The Balaban J connectivity index is 2.34. The summed E-state index contributed by atoms with van der Waals surface area (Å²) in [5.41, 5.74) is 0.288. The van der Waals surface area contributed by atoms with Crippen LogP contribution in [0.1, 0.15) is 12.0 Å². The first-order chi connectivity index (χ1) is 9.74. The summed E-state index contributed by atoms with van der Waals surface area (Å²) in [6.07, 6.45) is 3.18. The summed E-state index contributed by atoms with van der Waals surface area (Å²) in [4.78, 5) is 0. The minimum absolute atomic E-state index is 0.298. The average Bonchev–Trinajstić information content (AvgIpc) is 2.41. The molecule has 1 N–H and O–H groups in total. The van der Waals surface area contributed by atoms with Crippen LogP contribution in [0.2, 0.25) is 0 Å². The van der Waals surface area contributed by atoms with E-state index in [2.05, 4.69) is 27.4 Å². The fourth-order valence-electron chi connectivity index (χ4n) is 3.24. The number of methoxy groups -OCH3 is 1. The Morgan fingerprint density at radius 2 is 2.10 bits per heavy atom. The van der Waals surface area contributed by atoms with Crippen molar-refractivity contribution in [3.05, 3.63) is 29.8 Å². The van der Waals surface area contributed by atoms with E-state index in [0.29, 0.717) is 16.8 Å². The molecule has 1 unspecified atom stereocenters. The lowest BCUT2D eigenvalue weighted by molar-refractivity contribution is -0.874. The molecule has 1 saturated heterocycles. The van der Waals surface area contributed by atoms with E-state index in [-0.39, 0.29) is 0 Å². The van der Waals surface area contributed by atoms with Gasteiger partial charge in [-0.25, -0.2) is 0 Å². The summed E-state index contributed by atoms with van der Waals surface area (Å²) < 4.78 is 6.22. The number of ether oxygens (including phenoxy) is 1. The Morgan fingerprint density at radius 1 is 1.38 bits per heavy atom. The van der Waals surface area contributed by atoms with Crippen LogP contribution < -0.4 is 4.74 Å². The molecular weight excluding hydrogens is 282 g/mol. The monoisotopic (exact) mass is 311 g/mol. The zero-order chi connectivity index (χ0) is 15.7. The van der Waals surface area contributed by atoms with Crippen molar-refractivity contribution >= 4 is 10.9 Å². The molecule has 0 spiro atoms. The van der Waals surface area contributed by atoms with Gasteiger partial charge in [-0.05, 0) is 28.6 Å². The maximum atomic E-state index is 11.4. The van der Waals surface area contributed by atoms with Crippen LogP contribution in [-0.4, -0.2) is 62.1 Å². The van der Waals surface area contributed by atoms with Crippen molar-refractivity contribution in [2.75, 3.05) is 52.6 Å². The zero-order valence-corrected chi connectivity index (χ0v) is 14.7. The van der Waals surface area contributed by atoms with Gasteiger partial charge in [-0.1, -0.05) is 12.1 Å². The number of nitrogens with zero attached hydrogens (tertiary/aromatic N) is 1. The fourth-order valence-corrected chi connectivity index (χ4v) is 5.13. The molecule has 1 aromatic rings. The fraction of sp³-hybridized carbons (Fsp3) is 0.647. The average molecular weight is 311 g/mol. The molecule has 1 aliphatic heterocycles. The van der Waals surface area contributed by atoms with Gasteiger partial charge >= 0.3 is 0 Å². The smallest absolute Gasteiger partial charge is 0.119 e. The van der Waals surface area contributed by atoms with Crippen LogP contribution in [0.25, 0.3) is 0 Å². The molecule has 0 amide bonds. The van der Waals surface area contributed by atoms with Crippen molar-refractivity contribution in [2.24, 2.45) is 5.92 Å². The Hall–Kier alpha value is -0.710. The first-order valence-electron chi connectivity index (χ1n) is 7.51. The summed E-state index contributed by atoms with van der Waals surface area (Å²) in [5, 5.41) is 11.4. The number of rotatable bonds is 4. The molecule has 3 nitrogen and oxygen atoms in total. The Labute approximate surface area is 131 Å². The molecule has 4 heteroatoms. The second-order valence-corrected chi connectivity index (χ2v) is 9.53. The highest BCUT2D eigenvalue weighted by molar-refractivity contribution is 7.96. The normalized spacial score (nSPS) is 30.2. The highest BCUT2D eigenvalue weighted by Crippen LogP contribution is 2.40. The largest absolute Gasteiger partial charge is 0.497 e. The van der Waals surface area contributed by atoms with E-state index in [4.69, 9.17) is 4.74 Å². The van der Waals surface area contributed by atoms with Gasteiger partial charge in [0.1, 0.15) is 22.9 Å². The van der Waals surface area contributed by atoms with E-state index in [9.17, 15) is 5.11 Å². The van der Waals surface area contributed by atoms with Gasteiger partial charge in [0.2, 0.25) is 0 Å². The number of hydrogen-bond acceptors (Lipinski definition) is 2. The van der Waals surface area contributed by atoms with Crippen LogP contribution in [0.5, 0.6) is 5.75 Å². The third-order valence-corrected chi connectivity index (χ3v) is 6.20. The van der Waals surface area contributed by atoms with Crippen molar-refractivity contribution in [1.82, 2.24) is 0 Å². The van der Waals surface area contributed by atoms with Crippen LogP contribution >= 0.6 is 0 Å². The molecule has 21 heavy (non-hydrogen) atoms. The molecule has 1 heterocycles. The molecule has 0 radical (unpaired) electrons. The van der Waals surface area contributed by atoms with Gasteiger partial charge in [-0.15, -0.1) is 0 Å². The lowest BCUT2D eigenvalue weighted by Gasteiger charge is -2.41. The lowest BCUT2D eigenvalue weighted by Crippen LogP contribution is -2.53. The van der Waals surface area contributed by atoms with Crippen molar-refractivity contribution < 1.29 is 14.3 Å². The van der Waals surface area contributed by atoms with E-state index in [1.807, 2.05) is 24.3 Å². The number of benzene rings is 1. The van der Waals surface area contributed by atoms with Crippen molar-refractivity contribution in [2.45, 2.75) is 12.0 Å². The number of aliphatic hydroxyl groups is 1. The third-order valence-electron chi connectivity index (χ3n) is 4.33. The first kappa shape index (κ1) is 16.7. The van der Waals surface area contributed by atoms with E-state index < -0.39 is 5.60 Å². The van der Waals surface area contributed by atoms with Crippen LogP contribution in [0.15, 0.2) is 24.3 Å². The molecule has 1 aromatic carbocycles. The number of quaternary nitrogens is 1. The molecule has 0 aliphatic carbocycles. The van der Waals surface area contributed by atoms with Gasteiger partial charge in [0.25, 0.3) is 0 Å². The summed E-state index contributed by atoms with van der Waals surface area (Å²) in [6, 6.07) is 7.97. The first-order valence-corrected chi connectivity index (χ1v) is 9.48. The minimum atomic E-state index is -0.723. The Bertz CT molecular complexity index is 486. The van der Waals surface area contributed by atoms with E-state index >= 15 is 0 Å². The second kappa shape index (κ2) is 6.19. The topological polar surface area (TPSA) is 29.5 Å². The summed E-state index contributed by atoms with van der Waals surface area (Å²) >= 11 is 0. The van der Waals surface area contributed by atoms with Gasteiger partial charge in [-0.3, -0.25) is 0 Å². The van der Waals surface area contributed by atoms with Crippen LogP contribution in [0, 0.1) is 5.92 Å². The van der Waals surface area contributed by atoms with E-state index in [1.54, 1.807) is 7.11 Å². The molecule has 0 aromatic heterocycles. The standard InChI is InChI=1S/C17H29NO2S/c1-18(2,3)12-15-13-21(5)10-9-17(15,19)14-7-6-8-16(11-14)20-4/h6-8,11,15,19H,9-10,12-13H2,1-5H3/q+2/t15-,17+,21?/m1/s1. The Morgan fingerprint density at radius 3 is 2.71 bits per heavy atom. The van der Waals surface area contributed by atoms with Gasteiger partial charge < -0.3 is 14.3 Å². The van der Waals surface area contributed by atoms with E-state index in [0.717, 1.165) is 40.3 Å². The summed E-state index contributed by atoms with van der Waals surface area (Å²) in [6.45, 7) is 0.991. The molecule has 1 fully saturated rings. The predicted octanol–water partition coefficient (Wildman–Crippen LogP) is 1.86. The van der Waals surface area contributed by atoms with Crippen LogP contribution in [0.3, 0.4) is 0 Å². The van der Waals surface area contributed by atoms with Crippen LogP contribution in [0.4, 0.5) is 0 Å². The molecule has 118 valence electrons. The predicted molar refractivity (Wildman–Crippen MR) is 90.9 cm³/mol. The highest BCUT2D eigenvalue weighted by atomic mass is 32.2. The second-order valence-electron chi connectivity index (χ2n) is 7.23. The van der Waals surface area contributed by atoms with Crippen molar-refractivity contribution in [3.63, 3.8) is 0 Å². The maximum Gasteiger partial charge on any atom is 0.119 e. The van der Waals surface area contributed by atoms with Gasteiger partial charge in [0.15, 0.2) is 0 Å². The zero-order valence-electron chi connectivity index (χ0n) is 13.9. The number of hydrogen-bond donors (Lipinski definition) is 1. The lowest BCUT2D eigenvalue weighted by atomic mass is 9.79. The van der Waals surface area contributed by atoms with Crippen LogP contribution in [-0.2, 0) is 16.5 Å². The Kier molecular flexibility index (Phi) is 4.91. The van der Waals surface area contributed by atoms with Gasteiger partial charge in [0.05, 0.1) is 47.0 Å². The quantitative estimate of drug-likeness (QED) is 0.679. The van der Waals surface area contributed by atoms with Crippen molar-refractivity contribution in [3.8, 4) is 5.75 Å². The molecular formula is C17H29NO2S+2. The van der Waals surface area contributed by atoms with E-state index in [1.165, 1.54) is 0 Å². The molecule has 0 bridgehead atoms.